The summed E-state index contributed by atoms with van der Waals surface area (Å²) in [6, 6.07) is 10.7. The van der Waals surface area contributed by atoms with Crippen LogP contribution < -0.4 is 0 Å². The summed E-state index contributed by atoms with van der Waals surface area (Å²) in [6.07, 6.45) is 0. The van der Waals surface area contributed by atoms with E-state index >= 15 is 0 Å². The molecule has 0 aromatic heterocycles. The molecule has 22 heavy (non-hydrogen) atoms. The Bertz CT molecular complexity index is 901. The van der Waals surface area contributed by atoms with Gasteiger partial charge in [0, 0.05) is 14.5 Å². The summed E-state index contributed by atoms with van der Waals surface area (Å²) in [6.45, 7) is 3.67. The Kier molecular flexibility index (Phi) is 3.64. The van der Waals surface area contributed by atoms with Crippen molar-refractivity contribution in [1.82, 2.24) is 0 Å². The minimum atomic E-state index is 0.134. The van der Waals surface area contributed by atoms with Crippen LogP contribution >= 0.6 is 22.6 Å². The predicted molar refractivity (Wildman–Crippen MR) is 96.6 cm³/mol. The third-order valence-corrected chi connectivity index (χ3v) is 4.73. The van der Waals surface area contributed by atoms with Gasteiger partial charge in [-0.3, -0.25) is 0 Å². The number of aromatic hydroxyl groups is 3. The summed E-state index contributed by atoms with van der Waals surface area (Å²) in [7, 11) is 0. The van der Waals surface area contributed by atoms with Crippen LogP contribution in [0.5, 0.6) is 17.2 Å². The molecule has 0 saturated heterocycles. The van der Waals surface area contributed by atoms with Gasteiger partial charge in [0.2, 0.25) is 0 Å². The molecule has 112 valence electrons. The third kappa shape index (κ3) is 2.37. The fourth-order valence-electron chi connectivity index (χ4n) is 2.57. The number of benzene rings is 3. The van der Waals surface area contributed by atoms with Crippen LogP contribution in [0.3, 0.4) is 0 Å². The van der Waals surface area contributed by atoms with Crippen LogP contribution in [-0.4, -0.2) is 15.3 Å². The average molecular weight is 406 g/mol. The number of phenolic OH excluding ortho intramolecular Hbond substituents is 3. The maximum absolute atomic E-state index is 10.2. The second-order valence-corrected chi connectivity index (χ2v) is 6.60. The fourth-order valence-corrected chi connectivity index (χ4v) is 3.47. The van der Waals surface area contributed by atoms with Gasteiger partial charge in [0.25, 0.3) is 0 Å². The number of fused-ring (bicyclic) bond motifs is 1. The lowest BCUT2D eigenvalue weighted by Gasteiger charge is -2.14. The number of hydrogen-bond acceptors (Lipinski definition) is 3. The lowest BCUT2D eigenvalue weighted by molar-refractivity contribution is 0.468. The zero-order valence-corrected chi connectivity index (χ0v) is 14.3. The zero-order valence-electron chi connectivity index (χ0n) is 12.2. The van der Waals surface area contributed by atoms with Crippen molar-refractivity contribution < 1.29 is 15.3 Å². The zero-order chi connectivity index (χ0) is 16.0. The van der Waals surface area contributed by atoms with Crippen LogP contribution in [0.1, 0.15) is 11.1 Å². The SMILES string of the molecule is Cc1ccc(-c2c(I)cc(O)c3cc(O)c(C)cc23)cc1O. The molecule has 0 amide bonds. The van der Waals surface area contributed by atoms with Crippen molar-refractivity contribution >= 4 is 33.4 Å². The highest BCUT2D eigenvalue weighted by Gasteiger charge is 2.15. The standard InChI is InChI=1S/C18H15IO3/c1-9-3-4-11(6-15(9)20)18-13-5-10(2)16(21)7-12(13)17(22)8-14(18)19/h3-8,20-22H,1-2H3. The Balaban J connectivity index is 2.42. The van der Waals surface area contributed by atoms with Crippen molar-refractivity contribution in [2.24, 2.45) is 0 Å². The van der Waals surface area contributed by atoms with Crippen molar-refractivity contribution in [2.75, 3.05) is 0 Å². The van der Waals surface area contributed by atoms with Crippen LogP contribution in [0.15, 0.2) is 36.4 Å². The molecule has 3 nitrogen and oxygen atoms in total. The minimum absolute atomic E-state index is 0.134. The molecule has 0 heterocycles. The molecular weight excluding hydrogens is 391 g/mol. The van der Waals surface area contributed by atoms with Gasteiger partial charge in [-0.2, -0.15) is 0 Å². The third-order valence-electron chi connectivity index (χ3n) is 3.88. The molecule has 0 bridgehead atoms. The van der Waals surface area contributed by atoms with E-state index in [0.29, 0.717) is 5.39 Å². The molecule has 0 spiro atoms. The Morgan fingerprint density at radius 2 is 1.41 bits per heavy atom. The van der Waals surface area contributed by atoms with Gasteiger partial charge < -0.3 is 15.3 Å². The maximum Gasteiger partial charge on any atom is 0.124 e. The molecule has 3 aromatic carbocycles. The summed E-state index contributed by atoms with van der Waals surface area (Å²) in [4.78, 5) is 0. The number of phenols is 3. The molecule has 0 radical (unpaired) electrons. The van der Waals surface area contributed by atoms with Crippen molar-refractivity contribution in [2.45, 2.75) is 13.8 Å². The van der Waals surface area contributed by atoms with E-state index in [-0.39, 0.29) is 17.2 Å². The second-order valence-electron chi connectivity index (χ2n) is 5.44. The Morgan fingerprint density at radius 3 is 2.09 bits per heavy atom. The summed E-state index contributed by atoms with van der Waals surface area (Å²) >= 11 is 2.17. The quantitative estimate of drug-likeness (QED) is 0.507. The van der Waals surface area contributed by atoms with Crippen molar-refractivity contribution in [3.8, 4) is 28.4 Å². The average Bonchev–Trinajstić information content (AvgIpc) is 2.45. The van der Waals surface area contributed by atoms with Gasteiger partial charge in [-0.15, -0.1) is 0 Å². The van der Waals surface area contributed by atoms with Gasteiger partial charge in [0.1, 0.15) is 17.2 Å². The number of halogens is 1. The van der Waals surface area contributed by atoms with Crippen LogP contribution in [0, 0.1) is 17.4 Å². The summed E-state index contributed by atoms with van der Waals surface area (Å²) in [5.74, 6) is 0.529. The first kappa shape index (κ1) is 15.0. The van der Waals surface area contributed by atoms with E-state index in [2.05, 4.69) is 22.6 Å². The Labute approximate surface area is 142 Å². The Hall–Kier alpha value is -1.95. The summed E-state index contributed by atoms with van der Waals surface area (Å²) in [5, 5.41) is 31.5. The molecule has 0 aliphatic rings. The van der Waals surface area contributed by atoms with Gasteiger partial charge in [-0.1, -0.05) is 12.1 Å². The van der Waals surface area contributed by atoms with E-state index in [1.807, 2.05) is 32.0 Å². The first-order valence-electron chi connectivity index (χ1n) is 6.83. The molecule has 0 aliphatic heterocycles. The van der Waals surface area contributed by atoms with E-state index in [9.17, 15) is 15.3 Å². The fraction of sp³-hybridized carbons (Fsp3) is 0.111. The topological polar surface area (TPSA) is 60.7 Å². The lowest BCUT2D eigenvalue weighted by Crippen LogP contribution is -1.89. The van der Waals surface area contributed by atoms with E-state index in [1.165, 1.54) is 0 Å². The smallest absolute Gasteiger partial charge is 0.124 e. The number of rotatable bonds is 1. The van der Waals surface area contributed by atoms with Crippen LogP contribution in [-0.2, 0) is 0 Å². The van der Waals surface area contributed by atoms with Crippen molar-refractivity contribution in [3.63, 3.8) is 0 Å². The van der Waals surface area contributed by atoms with Gasteiger partial charge in [-0.05, 0) is 82.8 Å². The molecule has 3 rings (SSSR count). The van der Waals surface area contributed by atoms with Crippen LogP contribution in [0.2, 0.25) is 0 Å². The van der Waals surface area contributed by atoms with E-state index in [4.69, 9.17) is 0 Å². The number of aryl methyl sites for hydroxylation is 2. The highest BCUT2D eigenvalue weighted by molar-refractivity contribution is 14.1. The molecule has 0 unspecified atom stereocenters. The van der Waals surface area contributed by atoms with Crippen molar-refractivity contribution in [1.29, 1.82) is 0 Å². The van der Waals surface area contributed by atoms with Crippen LogP contribution in [0.25, 0.3) is 21.9 Å². The molecule has 3 aromatic rings. The highest BCUT2D eigenvalue weighted by Crippen LogP contribution is 2.41. The lowest BCUT2D eigenvalue weighted by atomic mass is 9.95. The van der Waals surface area contributed by atoms with Gasteiger partial charge in [0.05, 0.1) is 0 Å². The van der Waals surface area contributed by atoms with Gasteiger partial charge in [-0.25, -0.2) is 0 Å². The second kappa shape index (κ2) is 5.35. The minimum Gasteiger partial charge on any atom is -0.508 e. The first-order chi connectivity index (χ1) is 10.4. The molecule has 3 N–H and O–H groups in total. The van der Waals surface area contributed by atoms with E-state index < -0.39 is 0 Å². The Morgan fingerprint density at radius 1 is 0.727 bits per heavy atom. The summed E-state index contributed by atoms with van der Waals surface area (Å²) < 4.78 is 0.885. The molecule has 0 atom stereocenters. The monoisotopic (exact) mass is 406 g/mol. The highest BCUT2D eigenvalue weighted by atomic mass is 127. The molecule has 0 saturated carbocycles. The first-order valence-corrected chi connectivity index (χ1v) is 7.91. The molecule has 0 aliphatic carbocycles. The molecule has 0 fully saturated rings. The maximum atomic E-state index is 10.2. The number of hydrogen-bond donors (Lipinski definition) is 3. The normalized spacial score (nSPS) is 11.0. The van der Waals surface area contributed by atoms with Gasteiger partial charge >= 0.3 is 0 Å². The molecular formula is C18H15IO3. The van der Waals surface area contributed by atoms with E-state index in [0.717, 1.165) is 31.2 Å². The van der Waals surface area contributed by atoms with Crippen molar-refractivity contribution in [3.05, 3.63) is 51.1 Å². The van der Waals surface area contributed by atoms with E-state index in [1.54, 1.807) is 18.2 Å². The van der Waals surface area contributed by atoms with Crippen LogP contribution in [0.4, 0.5) is 0 Å². The summed E-state index contributed by atoms with van der Waals surface area (Å²) in [5.41, 5.74) is 3.37. The van der Waals surface area contributed by atoms with Gasteiger partial charge in [0.15, 0.2) is 0 Å². The largest absolute Gasteiger partial charge is 0.508 e. The molecule has 4 heteroatoms. The predicted octanol–water partition coefficient (Wildman–Crippen LogP) is 4.85.